The van der Waals surface area contributed by atoms with Crippen molar-refractivity contribution in [2.45, 2.75) is 19.3 Å². The molecule has 2 nitrogen and oxygen atoms in total. The van der Waals surface area contributed by atoms with Gasteiger partial charge < -0.3 is 9.32 Å². The molecule has 1 aliphatic carbocycles. The highest BCUT2D eigenvalue weighted by Crippen LogP contribution is 2.51. The first-order valence-electron chi connectivity index (χ1n) is 15.6. The van der Waals surface area contributed by atoms with Crippen LogP contribution < -0.4 is 4.90 Å². The van der Waals surface area contributed by atoms with Gasteiger partial charge in [-0.3, -0.25) is 0 Å². The molecule has 0 atom stereocenters. The molecule has 0 N–H and O–H groups in total. The molecule has 0 bridgehead atoms. The summed E-state index contributed by atoms with van der Waals surface area (Å²) in [5.41, 5.74) is 12.9. The molecule has 9 rings (SSSR count). The monoisotopic (exact) mass is 577 g/mol. The molecule has 0 unspecified atom stereocenters. The fraction of sp³-hybridized carbons (Fsp3) is 0.0698. The molecule has 1 aliphatic rings. The number of para-hydroxylation sites is 1. The maximum atomic E-state index is 6.74. The summed E-state index contributed by atoms with van der Waals surface area (Å²) < 4.78 is 6.74. The molecular weight excluding hydrogens is 546 g/mol. The van der Waals surface area contributed by atoms with Gasteiger partial charge in [0, 0.05) is 44.7 Å². The molecule has 0 spiro atoms. The van der Waals surface area contributed by atoms with Crippen molar-refractivity contribution in [3.05, 3.63) is 163 Å². The predicted molar refractivity (Wildman–Crippen MR) is 189 cm³/mol. The van der Waals surface area contributed by atoms with Gasteiger partial charge in [0.05, 0.1) is 0 Å². The molecule has 0 radical (unpaired) electrons. The molecule has 0 saturated carbocycles. The summed E-state index contributed by atoms with van der Waals surface area (Å²) in [4.78, 5) is 2.35. The first-order chi connectivity index (χ1) is 22.1. The number of fused-ring (bicyclic) bond motifs is 8. The highest BCUT2D eigenvalue weighted by molar-refractivity contribution is 6.19. The predicted octanol–water partition coefficient (Wildman–Crippen LogP) is 12.2. The Morgan fingerprint density at radius 2 is 1.09 bits per heavy atom. The van der Waals surface area contributed by atoms with Crippen LogP contribution in [-0.2, 0) is 5.41 Å². The van der Waals surface area contributed by atoms with Crippen molar-refractivity contribution in [2.75, 3.05) is 4.90 Å². The second-order valence-electron chi connectivity index (χ2n) is 12.6. The van der Waals surface area contributed by atoms with Gasteiger partial charge in [-0.05, 0) is 81.2 Å². The van der Waals surface area contributed by atoms with Gasteiger partial charge in [0.15, 0.2) is 0 Å². The van der Waals surface area contributed by atoms with E-state index >= 15 is 0 Å². The average molecular weight is 578 g/mol. The number of hydrogen-bond acceptors (Lipinski definition) is 2. The van der Waals surface area contributed by atoms with E-state index in [2.05, 4.69) is 170 Å². The second-order valence-corrected chi connectivity index (χ2v) is 12.6. The lowest BCUT2D eigenvalue weighted by Gasteiger charge is -2.28. The molecule has 1 heterocycles. The topological polar surface area (TPSA) is 16.4 Å². The molecule has 0 fully saturated rings. The van der Waals surface area contributed by atoms with E-state index in [0.29, 0.717) is 0 Å². The Hall–Kier alpha value is -5.60. The Morgan fingerprint density at radius 1 is 0.444 bits per heavy atom. The molecule has 214 valence electrons. The summed E-state index contributed by atoms with van der Waals surface area (Å²) >= 11 is 0. The Morgan fingerprint density at radius 3 is 1.91 bits per heavy atom. The van der Waals surface area contributed by atoms with E-state index < -0.39 is 0 Å². The Kier molecular flexibility index (Phi) is 5.58. The van der Waals surface area contributed by atoms with Gasteiger partial charge in [-0.1, -0.05) is 117 Å². The van der Waals surface area contributed by atoms with Crippen LogP contribution in [0.2, 0.25) is 0 Å². The lowest BCUT2D eigenvalue weighted by Crippen LogP contribution is -2.16. The third-order valence-electron chi connectivity index (χ3n) is 9.65. The minimum absolute atomic E-state index is 0.0789. The van der Waals surface area contributed by atoms with Gasteiger partial charge in [-0.25, -0.2) is 0 Å². The summed E-state index contributed by atoms with van der Waals surface area (Å²) in [6.07, 6.45) is 0. The average Bonchev–Trinajstić information content (AvgIpc) is 3.57. The van der Waals surface area contributed by atoms with E-state index in [1.54, 1.807) is 0 Å². The largest absolute Gasteiger partial charge is 0.455 e. The van der Waals surface area contributed by atoms with Crippen molar-refractivity contribution < 1.29 is 4.42 Å². The van der Waals surface area contributed by atoms with Gasteiger partial charge >= 0.3 is 0 Å². The van der Waals surface area contributed by atoms with Crippen LogP contribution in [0, 0.1) is 0 Å². The molecular formula is C43H31NO. The van der Waals surface area contributed by atoms with E-state index in [0.717, 1.165) is 44.4 Å². The van der Waals surface area contributed by atoms with Gasteiger partial charge in [-0.15, -0.1) is 0 Å². The maximum absolute atomic E-state index is 6.74. The van der Waals surface area contributed by atoms with Crippen LogP contribution in [0.3, 0.4) is 0 Å². The summed E-state index contributed by atoms with van der Waals surface area (Å²) in [6.45, 7) is 4.67. The van der Waals surface area contributed by atoms with Crippen LogP contribution >= 0.6 is 0 Å². The van der Waals surface area contributed by atoms with E-state index in [4.69, 9.17) is 4.42 Å². The molecule has 1 aromatic heterocycles. The maximum Gasteiger partial charge on any atom is 0.143 e. The lowest BCUT2D eigenvalue weighted by molar-refractivity contribution is 0.660. The summed E-state index contributed by atoms with van der Waals surface area (Å²) in [5, 5.41) is 4.59. The molecule has 8 aromatic rings. The quantitative estimate of drug-likeness (QED) is 0.207. The van der Waals surface area contributed by atoms with E-state index in [1.807, 2.05) is 0 Å². The second kappa shape index (κ2) is 9.70. The Balaban J connectivity index is 1.24. The van der Waals surface area contributed by atoms with Gasteiger partial charge in [0.1, 0.15) is 11.2 Å². The zero-order valence-corrected chi connectivity index (χ0v) is 25.3. The van der Waals surface area contributed by atoms with Crippen molar-refractivity contribution in [2.24, 2.45) is 0 Å². The van der Waals surface area contributed by atoms with Crippen molar-refractivity contribution >= 4 is 49.8 Å². The number of benzene rings is 7. The highest BCUT2D eigenvalue weighted by Gasteiger charge is 2.35. The summed E-state index contributed by atoms with van der Waals surface area (Å²) in [5.74, 6) is 0. The smallest absolute Gasteiger partial charge is 0.143 e. The van der Waals surface area contributed by atoms with E-state index in [1.165, 1.54) is 38.8 Å². The van der Waals surface area contributed by atoms with Gasteiger partial charge in [-0.2, -0.15) is 0 Å². The first-order valence-corrected chi connectivity index (χ1v) is 15.6. The minimum Gasteiger partial charge on any atom is -0.455 e. The highest BCUT2D eigenvalue weighted by atomic mass is 16.3. The van der Waals surface area contributed by atoms with Crippen molar-refractivity contribution in [1.29, 1.82) is 0 Å². The van der Waals surface area contributed by atoms with Crippen LogP contribution in [0.1, 0.15) is 25.0 Å². The summed E-state index contributed by atoms with van der Waals surface area (Å²) in [7, 11) is 0. The normalized spacial score (nSPS) is 13.3. The molecule has 0 saturated heterocycles. The van der Waals surface area contributed by atoms with Crippen LogP contribution in [0.25, 0.3) is 55.0 Å². The van der Waals surface area contributed by atoms with Gasteiger partial charge in [0.2, 0.25) is 0 Å². The molecule has 0 aliphatic heterocycles. The zero-order valence-electron chi connectivity index (χ0n) is 25.3. The molecule has 7 aromatic carbocycles. The zero-order chi connectivity index (χ0) is 30.1. The number of nitrogens with zero attached hydrogens (tertiary/aromatic N) is 1. The van der Waals surface area contributed by atoms with Crippen LogP contribution in [0.4, 0.5) is 17.1 Å². The number of rotatable bonds is 4. The third-order valence-corrected chi connectivity index (χ3v) is 9.65. The summed E-state index contributed by atoms with van der Waals surface area (Å²) in [6, 6.07) is 54.5. The van der Waals surface area contributed by atoms with Crippen molar-refractivity contribution in [1.82, 2.24) is 0 Å². The van der Waals surface area contributed by atoms with Crippen molar-refractivity contribution in [3.8, 4) is 22.3 Å². The number of hydrogen-bond donors (Lipinski definition) is 0. The van der Waals surface area contributed by atoms with Crippen LogP contribution in [0.5, 0.6) is 0 Å². The first kappa shape index (κ1) is 25.9. The minimum atomic E-state index is -0.0789. The van der Waals surface area contributed by atoms with Crippen LogP contribution in [-0.4, -0.2) is 0 Å². The Labute approximate surface area is 262 Å². The standard InChI is InChI=1S/C43H31NO/c1-43(2)39-20-12-11-18-33(39)34-23-21-30(25-40(34)43)44(29-15-7-4-8-16-29)31-22-24-35-38-27-37(28-13-5-3-6-14-28)32-17-9-10-19-36(32)42(38)45-41(35)26-31/h3-27H,1-2H3. The SMILES string of the molecule is CC1(C)c2ccccc2-c2ccc(N(c3ccccc3)c3ccc4c(c3)oc3c5ccccc5c(-c5ccccc5)cc43)cc21. The van der Waals surface area contributed by atoms with Crippen molar-refractivity contribution in [3.63, 3.8) is 0 Å². The fourth-order valence-corrected chi connectivity index (χ4v) is 7.44. The van der Waals surface area contributed by atoms with Gasteiger partial charge in [0.25, 0.3) is 0 Å². The van der Waals surface area contributed by atoms with E-state index in [-0.39, 0.29) is 5.41 Å². The van der Waals surface area contributed by atoms with Crippen LogP contribution in [0.15, 0.2) is 156 Å². The fourth-order valence-electron chi connectivity index (χ4n) is 7.44. The third kappa shape index (κ3) is 3.89. The van der Waals surface area contributed by atoms with E-state index in [9.17, 15) is 0 Å². The lowest BCUT2D eigenvalue weighted by atomic mass is 9.82. The number of furan rings is 1. The molecule has 2 heteroatoms. The Bertz CT molecular complexity index is 2400. The molecule has 0 amide bonds. The number of anilines is 3. The molecule has 45 heavy (non-hydrogen) atoms.